The van der Waals surface area contributed by atoms with Gasteiger partial charge in [-0.25, -0.2) is 8.42 Å². The highest BCUT2D eigenvalue weighted by atomic mass is 32.2. The zero-order valence-corrected chi connectivity index (χ0v) is 9.00. The number of aryl methyl sites for hydroxylation is 1. The number of sulfone groups is 1. The first-order chi connectivity index (χ1) is 6.89. The van der Waals surface area contributed by atoms with Gasteiger partial charge in [0.25, 0.3) is 5.56 Å². The fourth-order valence-corrected chi connectivity index (χ4v) is 2.09. The van der Waals surface area contributed by atoms with Crippen molar-refractivity contribution in [2.45, 2.75) is 4.90 Å². The maximum Gasteiger partial charge on any atom is 0.268 e. The molecule has 0 spiro atoms. The number of aromatic amines is 1. The number of nitrogens with zero attached hydrogens (tertiary/aromatic N) is 2. The lowest BCUT2D eigenvalue weighted by atomic mass is 10.3. The third kappa shape index (κ3) is 1.54. The van der Waals surface area contributed by atoms with Crippen molar-refractivity contribution in [3.8, 4) is 0 Å². The van der Waals surface area contributed by atoms with Crippen molar-refractivity contribution in [2.24, 2.45) is 7.05 Å². The monoisotopic (exact) mass is 227 g/mol. The number of hydrogen-bond donors (Lipinski definition) is 1. The van der Waals surface area contributed by atoms with E-state index in [0.717, 1.165) is 6.26 Å². The van der Waals surface area contributed by atoms with Gasteiger partial charge in [0.1, 0.15) is 10.5 Å². The second-order valence-electron chi connectivity index (χ2n) is 3.31. The molecule has 0 radical (unpaired) electrons. The van der Waals surface area contributed by atoms with Crippen LogP contribution in [0.4, 0.5) is 0 Å². The van der Waals surface area contributed by atoms with Crippen molar-refractivity contribution in [1.29, 1.82) is 0 Å². The van der Waals surface area contributed by atoms with Crippen LogP contribution in [0.3, 0.4) is 0 Å². The van der Waals surface area contributed by atoms with Crippen LogP contribution in [0, 0.1) is 0 Å². The zero-order valence-electron chi connectivity index (χ0n) is 8.18. The van der Waals surface area contributed by atoms with Gasteiger partial charge in [-0.1, -0.05) is 0 Å². The summed E-state index contributed by atoms with van der Waals surface area (Å²) in [4.78, 5) is 13.7. The van der Waals surface area contributed by atoms with E-state index in [1.165, 1.54) is 16.9 Å². The molecule has 0 bridgehead atoms. The van der Waals surface area contributed by atoms with Gasteiger partial charge in [-0.3, -0.25) is 9.48 Å². The molecule has 0 amide bonds. The fraction of sp³-hybridized carbons (Fsp3) is 0.250. The Bertz CT molecular complexity index is 681. The molecule has 0 fully saturated rings. The molecule has 15 heavy (non-hydrogen) atoms. The summed E-state index contributed by atoms with van der Waals surface area (Å²) in [5.41, 5.74) is -0.110. The highest BCUT2D eigenvalue weighted by Gasteiger charge is 2.14. The molecule has 2 aromatic rings. The first kappa shape index (κ1) is 9.91. The molecule has 1 N–H and O–H groups in total. The molecular formula is C8H9N3O3S. The normalized spacial score (nSPS) is 12.1. The first-order valence-electron chi connectivity index (χ1n) is 4.14. The van der Waals surface area contributed by atoms with Crippen LogP contribution < -0.4 is 5.56 Å². The van der Waals surface area contributed by atoms with Gasteiger partial charge in [-0.2, -0.15) is 5.10 Å². The Morgan fingerprint density at radius 1 is 1.47 bits per heavy atom. The number of hydrogen-bond acceptors (Lipinski definition) is 4. The summed E-state index contributed by atoms with van der Waals surface area (Å²) in [6.45, 7) is 0. The van der Waals surface area contributed by atoms with Gasteiger partial charge in [0.2, 0.25) is 0 Å². The number of rotatable bonds is 1. The fourth-order valence-electron chi connectivity index (χ4n) is 1.36. The van der Waals surface area contributed by atoms with E-state index in [9.17, 15) is 13.2 Å². The van der Waals surface area contributed by atoms with E-state index in [1.807, 2.05) is 0 Å². The van der Waals surface area contributed by atoms with Crippen molar-refractivity contribution in [3.63, 3.8) is 0 Å². The summed E-state index contributed by atoms with van der Waals surface area (Å²) in [7, 11) is -1.83. The summed E-state index contributed by atoms with van der Waals surface area (Å²) in [6, 6.07) is 1.33. The number of H-pyrrole nitrogens is 1. The standard InChI is InChI=1S/C8H9N3O3S/c1-11-7-5(4-9-11)3-6(8(12)10-7)15(2,13)14/h3-4H,1-2H3,(H,10,12). The van der Waals surface area contributed by atoms with Crippen LogP contribution >= 0.6 is 0 Å². The largest absolute Gasteiger partial charge is 0.306 e. The van der Waals surface area contributed by atoms with Gasteiger partial charge in [0, 0.05) is 18.7 Å². The molecule has 0 aromatic carbocycles. The lowest BCUT2D eigenvalue weighted by Gasteiger charge is -1.98. The average molecular weight is 227 g/mol. The van der Waals surface area contributed by atoms with Crippen LogP contribution in [0.15, 0.2) is 22.0 Å². The van der Waals surface area contributed by atoms with E-state index < -0.39 is 15.4 Å². The second-order valence-corrected chi connectivity index (χ2v) is 5.29. The van der Waals surface area contributed by atoms with E-state index in [4.69, 9.17) is 0 Å². The third-order valence-electron chi connectivity index (χ3n) is 2.11. The maximum atomic E-state index is 11.5. The number of pyridine rings is 1. The van der Waals surface area contributed by atoms with Gasteiger partial charge in [-0.15, -0.1) is 0 Å². The highest BCUT2D eigenvalue weighted by molar-refractivity contribution is 7.90. The molecule has 0 aliphatic rings. The lowest BCUT2D eigenvalue weighted by Crippen LogP contribution is -2.16. The minimum Gasteiger partial charge on any atom is -0.306 e. The van der Waals surface area contributed by atoms with Crippen molar-refractivity contribution in [2.75, 3.05) is 6.26 Å². The SMILES string of the molecule is Cn1ncc2cc(S(C)(=O)=O)c(=O)[nH]c21. The molecule has 7 heteroatoms. The molecule has 80 valence electrons. The summed E-state index contributed by atoms with van der Waals surface area (Å²) >= 11 is 0. The minimum absolute atomic E-state index is 0.233. The molecule has 0 aliphatic carbocycles. The molecule has 2 rings (SSSR count). The van der Waals surface area contributed by atoms with Crippen LogP contribution in [-0.2, 0) is 16.9 Å². The van der Waals surface area contributed by atoms with E-state index >= 15 is 0 Å². The van der Waals surface area contributed by atoms with Gasteiger partial charge in [0.05, 0.1) is 6.20 Å². The Balaban J connectivity index is 2.92. The van der Waals surface area contributed by atoms with Crippen LogP contribution in [0.5, 0.6) is 0 Å². The number of fused-ring (bicyclic) bond motifs is 1. The molecule has 2 aromatic heterocycles. The van der Waals surface area contributed by atoms with E-state index in [0.29, 0.717) is 11.0 Å². The Morgan fingerprint density at radius 3 is 2.73 bits per heavy atom. The van der Waals surface area contributed by atoms with E-state index in [-0.39, 0.29) is 4.90 Å². The molecule has 0 atom stereocenters. The topological polar surface area (TPSA) is 84.8 Å². The average Bonchev–Trinajstić information content (AvgIpc) is 2.45. The zero-order chi connectivity index (χ0) is 11.2. The Morgan fingerprint density at radius 2 is 2.13 bits per heavy atom. The number of aromatic nitrogens is 3. The molecule has 0 saturated carbocycles. The van der Waals surface area contributed by atoms with Crippen LogP contribution in [-0.4, -0.2) is 29.4 Å². The van der Waals surface area contributed by atoms with Crippen molar-refractivity contribution >= 4 is 20.9 Å². The molecule has 0 saturated heterocycles. The van der Waals surface area contributed by atoms with Crippen molar-refractivity contribution < 1.29 is 8.42 Å². The molecule has 0 aliphatic heterocycles. The molecule has 2 heterocycles. The van der Waals surface area contributed by atoms with Crippen molar-refractivity contribution in [3.05, 3.63) is 22.6 Å². The predicted octanol–water partition coefficient (Wildman–Crippen LogP) is -0.335. The Kier molecular flexibility index (Phi) is 1.93. The summed E-state index contributed by atoms with van der Waals surface area (Å²) in [5, 5.41) is 4.51. The van der Waals surface area contributed by atoms with Crippen LogP contribution in [0.25, 0.3) is 11.0 Å². The van der Waals surface area contributed by atoms with E-state index in [2.05, 4.69) is 10.1 Å². The smallest absolute Gasteiger partial charge is 0.268 e. The van der Waals surface area contributed by atoms with E-state index in [1.54, 1.807) is 7.05 Å². The quantitative estimate of drug-likeness (QED) is 0.722. The minimum atomic E-state index is -3.50. The Hall–Kier alpha value is -1.63. The molecule has 0 unspecified atom stereocenters. The van der Waals surface area contributed by atoms with Crippen molar-refractivity contribution in [1.82, 2.24) is 14.8 Å². The van der Waals surface area contributed by atoms with Crippen LogP contribution in [0.2, 0.25) is 0 Å². The third-order valence-corrected chi connectivity index (χ3v) is 3.21. The predicted molar refractivity (Wildman–Crippen MR) is 54.4 cm³/mol. The van der Waals surface area contributed by atoms with Gasteiger partial charge >= 0.3 is 0 Å². The maximum absolute atomic E-state index is 11.5. The van der Waals surface area contributed by atoms with Crippen LogP contribution in [0.1, 0.15) is 0 Å². The number of nitrogens with one attached hydrogen (secondary N) is 1. The lowest BCUT2D eigenvalue weighted by molar-refractivity contribution is 0.600. The highest BCUT2D eigenvalue weighted by Crippen LogP contribution is 2.11. The second kappa shape index (κ2) is 2.93. The molecule has 6 nitrogen and oxygen atoms in total. The molecular weight excluding hydrogens is 218 g/mol. The van der Waals surface area contributed by atoms with Gasteiger partial charge in [-0.05, 0) is 6.07 Å². The first-order valence-corrected chi connectivity index (χ1v) is 6.04. The van der Waals surface area contributed by atoms with Gasteiger partial charge in [0.15, 0.2) is 9.84 Å². The summed E-state index contributed by atoms with van der Waals surface area (Å²) in [5.74, 6) is 0. The van der Waals surface area contributed by atoms with Gasteiger partial charge < -0.3 is 4.98 Å². The summed E-state index contributed by atoms with van der Waals surface area (Å²) < 4.78 is 24.0. The summed E-state index contributed by atoms with van der Waals surface area (Å²) in [6.07, 6.45) is 2.50. The Labute approximate surface area is 85.5 Å².